The van der Waals surface area contributed by atoms with E-state index in [4.69, 9.17) is 0 Å². The highest BCUT2D eigenvalue weighted by molar-refractivity contribution is 9.10. The predicted molar refractivity (Wildman–Crippen MR) is 83.7 cm³/mol. The van der Waals surface area contributed by atoms with Crippen molar-refractivity contribution in [2.24, 2.45) is 0 Å². The van der Waals surface area contributed by atoms with Crippen LogP contribution < -0.4 is 0 Å². The summed E-state index contributed by atoms with van der Waals surface area (Å²) in [5, 5.41) is 0. The summed E-state index contributed by atoms with van der Waals surface area (Å²) >= 11 is 4.65. The van der Waals surface area contributed by atoms with Crippen LogP contribution in [0.15, 0.2) is 22.7 Å². The van der Waals surface area contributed by atoms with Gasteiger partial charge >= 0.3 is 6.18 Å². The van der Waals surface area contributed by atoms with E-state index in [0.717, 1.165) is 18.2 Å². The van der Waals surface area contributed by atoms with Crippen molar-refractivity contribution in [3.05, 3.63) is 33.8 Å². The Kier molecular flexibility index (Phi) is 6.59. The fourth-order valence-electron chi connectivity index (χ4n) is 1.81. The summed E-state index contributed by atoms with van der Waals surface area (Å²) in [4.78, 5) is 13.7. The minimum atomic E-state index is -4.56. The minimum Gasteiger partial charge on any atom is -0.339 e. The van der Waals surface area contributed by atoms with Crippen LogP contribution in [0.4, 0.5) is 13.2 Å². The van der Waals surface area contributed by atoms with Gasteiger partial charge in [0.15, 0.2) is 0 Å². The molecule has 118 valence electrons. The summed E-state index contributed by atoms with van der Waals surface area (Å²) in [7, 11) is 1.54. The monoisotopic (exact) mass is 383 g/mol. The van der Waals surface area contributed by atoms with Gasteiger partial charge in [0.05, 0.1) is 11.1 Å². The van der Waals surface area contributed by atoms with Gasteiger partial charge in [-0.3, -0.25) is 4.79 Å². The number of amides is 1. The number of halogens is 4. The first-order valence-corrected chi connectivity index (χ1v) is 8.50. The van der Waals surface area contributed by atoms with Crippen LogP contribution in [0.5, 0.6) is 0 Å². The molecule has 0 aliphatic rings. The van der Waals surface area contributed by atoms with Gasteiger partial charge in [0.1, 0.15) is 0 Å². The van der Waals surface area contributed by atoms with Crippen LogP contribution in [0.1, 0.15) is 29.3 Å². The van der Waals surface area contributed by atoms with Gasteiger partial charge in [-0.25, -0.2) is 0 Å². The van der Waals surface area contributed by atoms with E-state index >= 15 is 0 Å². The second kappa shape index (κ2) is 7.54. The maximum Gasteiger partial charge on any atom is 0.417 e. The number of benzene rings is 1. The van der Waals surface area contributed by atoms with Gasteiger partial charge in [-0.15, -0.1) is 0 Å². The van der Waals surface area contributed by atoms with Crippen molar-refractivity contribution < 1.29 is 18.0 Å². The second-order valence-corrected chi connectivity index (χ2v) is 6.64. The second-order valence-electron chi connectivity index (χ2n) is 4.73. The number of hydrogen-bond donors (Lipinski definition) is 0. The van der Waals surface area contributed by atoms with Gasteiger partial charge < -0.3 is 4.90 Å². The molecule has 1 rings (SSSR count). The van der Waals surface area contributed by atoms with Crippen molar-refractivity contribution in [3.63, 3.8) is 0 Å². The van der Waals surface area contributed by atoms with Crippen molar-refractivity contribution >= 4 is 33.6 Å². The highest BCUT2D eigenvalue weighted by atomic mass is 79.9. The van der Waals surface area contributed by atoms with Crippen LogP contribution in [0.3, 0.4) is 0 Å². The topological polar surface area (TPSA) is 20.3 Å². The van der Waals surface area contributed by atoms with E-state index in [1.54, 1.807) is 11.8 Å². The molecule has 7 heteroatoms. The zero-order chi connectivity index (χ0) is 16.2. The third kappa shape index (κ3) is 4.92. The van der Waals surface area contributed by atoms with Crippen LogP contribution in [0, 0.1) is 0 Å². The van der Waals surface area contributed by atoms with E-state index in [2.05, 4.69) is 15.9 Å². The lowest BCUT2D eigenvalue weighted by Crippen LogP contribution is -2.36. The van der Waals surface area contributed by atoms with Crippen molar-refractivity contribution in [2.45, 2.75) is 25.6 Å². The Morgan fingerprint density at radius 1 is 1.43 bits per heavy atom. The van der Waals surface area contributed by atoms with Crippen molar-refractivity contribution in [1.82, 2.24) is 4.90 Å². The Morgan fingerprint density at radius 3 is 2.57 bits per heavy atom. The molecule has 0 saturated carbocycles. The van der Waals surface area contributed by atoms with Gasteiger partial charge in [-0.05, 0) is 43.6 Å². The average Bonchev–Trinajstić information content (AvgIpc) is 2.42. The third-order valence-corrected chi connectivity index (χ3v) is 4.38. The molecule has 0 heterocycles. The summed E-state index contributed by atoms with van der Waals surface area (Å²) < 4.78 is 39.5. The van der Waals surface area contributed by atoms with Crippen molar-refractivity contribution in [2.75, 3.05) is 19.1 Å². The molecular weight excluding hydrogens is 367 g/mol. The summed E-state index contributed by atoms with van der Waals surface area (Å²) in [6.07, 6.45) is -1.87. The summed E-state index contributed by atoms with van der Waals surface area (Å²) in [6.45, 7) is 1.83. The maximum absolute atomic E-state index is 13.1. The lowest BCUT2D eigenvalue weighted by Gasteiger charge is -2.26. The Bertz CT molecular complexity index is 507. The molecule has 1 aromatic carbocycles. The first-order chi connectivity index (χ1) is 9.68. The number of nitrogens with zero attached hydrogens (tertiary/aromatic N) is 1. The SMILES string of the molecule is CSCCC(C)N(C)C(=O)c1ccc(Br)cc1C(F)(F)F. The van der Waals surface area contributed by atoms with Gasteiger partial charge in [0, 0.05) is 17.6 Å². The molecule has 2 nitrogen and oxygen atoms in total. The zero-order valence-electron chi connectivity index (χ0n) is 12.0. The first-order valence-electron chi connectivity index (χ1n) is 6.31. The molecular formula is C14H17BrF3NOS. The molecule has 0 aliphatic heterocycles. The van der Waals surface area contributed by atoms with Crippen molar-refractivity contribution in [3.8, 4) is 0 Å². The molecule has 0 aliphatic carbocycles. The van der Waals surface area contributed by atoms with E-state index in [9.17, 15) is 18.0 Å². The highest BCUT2D eigenvalue weighted by Gasteiger charge is 2.36. The van der Waals surface area contributed by atoms with E-state index < -0.39 is 17.6 Å². The number of rotatable bonds is 5. The molecule has 0 bridgehead atoms. The molecule has 0 radical (unpaired) electrons. The van der Waals surface area contributed by atoms with Gasteiger partial charge in [-0.2, -0.15) is 24.9 Å². The lowest BCUT2D eigenvalue weighted by atomic mass is 10.0. The molecule has 1 unspecified atom stereocenters. The van der Waals surface area contributed by atoms with Gasteiger partial charge in [0.2, 0.25) is 0 Å². The molecule has 1 amide bonds. The quantitative estimate of drug-likeness (QED) is 0.735. The van der Waals surface area contributed by atoms with E-state index in [-0.39, 0.29) is 11.6 Å². The molecule has 0 saturated heterocycles. The van der Waals surface area contributed by atoms with Crippen molar-refractivity contribution in [1.29, 1.82) is 0 Å². The largest absolute Gasteiger partial charge is 0.417 e. The van der Waals surface area contributed by atoms with Gasteiger partial charge in [0.25, 0.3) is 5.91 Å². The number of hydrogen-bond acceptors (Lipinski definition) is 2. The fourth-order valence-corrected chi connectivity index (χ4v) is 2.75. The maximum atomic E-state index is 13.1. The van der Waals surface area contributed by atoms with Crippen LogP contribution in [0.25, 0.3) is 0 Å². The summed E-state index contributed by atoms with van der Waals surface area (Å²) in [6, 6.07) is 3.48. The number of carbonyl (C=O) groups excluding carboxylic acids is 1. The Hall–Kier alpha value is -0.690. The van der Waals surface area contributed by atoms with Crippen LogP contribution in [-0.4, -0.2) is 35.9 Å². The lowest BCUT2D eigenvalue weighted by molar-refractivity contribution is -0.138. The molecule has 21 heavy (non-hydrogen) atoms. The van der Waals surface area contributed by atoms with E-state index in [0.29, 0.717) is 4.47 Å². The smallest absolute Gasteiger partial charge is 0.339 e. The Balaban J connectivity index is 3.07. The van der Waals surface area contributed by atoms with Crippen LogP contribution in [-0.2, 0) is 6.18 Å². The van der Waals surface area contributed by atoms with E-state index in [1.807, 2.05) is 13.2 Å². The molecule has 0 spiro atoms. The summed E-state index contributed by atoms with van der Waals surface area (Å²) in [5.41, 5.74) is -1.23. The molecule has 1 atom stereocenters. The standard InChI is InChI=1S/C14H17BrF3NOS/c1-9(6-7-21-3)19(2)13(20)11-5-4-10(15)8-12(11)14(16,17)18/h4-5,8-9H,6-7H2,1-3H3. The minimum absolute atomic E-state index is 0.116. The van der Waals surface area contributed by atoms with E-state index in [1.165, 1.54) is 24.1 Å². The fraction of sp³-hybridized carbons (Fsp3) is 0.500. The molecule has 0 fully saturated rings. The molecule has 0 N–H and O–H groups in total. The normalized spacial score (nSPS) is 13.1. The molecule has 0 aromatic heterocycles. The predicted octanol–water partition coefficient (Wildman–Crippen LogP) is 4.68. The van der Waals surface area contributed by atoms with Crippen LogP contribution in [0.2, 0.25) is 0 Å². The summed E-state index contributed by atoms with van der Waals surface area (Å²) in [5.74, 6) is 0.244. The number of alkyl halides is 3. The third-order valence-electron chi connectivity index (χ3n) is 3.24. The average molecular weight is 384 g/mol. The number of carbonyl (C=O) groups is 1. The Morgan fingerprint density at radius 2 is 2.05 bits per heavy atom. The number of thioether (sulfide) groups is 1. The first kappa shape index (κ1) is 18.4. The zero-order valence-corrected chi connectivity index (χ0v) is 14.4. The Labute approximate surface area is 135 Å². The van der Waals surface area contributed by atoms with Gasteiger partial charge in [-0.1, -0.05) is 15.9 Å². The molecule has 1 aromatic rings. The highest BCUT2D eigenvalue weighted by Crippen LogP contribution is 2.34. The van der Waals surface area contributed by atoms with Crippen LogP contribution >= 0.6 is 27.7 Å².